The van der Waals surface area contributed by atoms with Crippen LogP contribution < -0.4 is 10.1 Å². The number of methoxy groups -OCH3 is 2. The molecule has 2 unspecified atom stereocenters. The topological polar surface area (TPSA) is 30.5 Å². The van der Waals surface area contributed by atoms with Gasteiger partial charge in [0.25, 0.3) is 0 Å². The van der Waals surface area contributed by atoms with Crippen molar-refractivity contribution in [3.05, 3.63) is 28.2 Å². The van der Waals surface area contributed by atoms with Gasteiger partial charge in [-0.2, -0.15) is 0 Å². The lowest BCUT2D eigenvalue weighted by molar-refractivity contribution is 0.141. The van der Waals surface area contributed by atoms with Crippen molar-refractivity contribution in [1.82, 2.24) is 5.32 Å². The van der Waals surface area contributed by atoms with E-state index in [4.69, 9.17) is 9.47 Å². The van der Waals surface area contributed by atoms with Crippen LogP contribution in [0, 0.1) is 5.92 Å². The molecule has 0 spiro atoms. The lowest BCUT2D eigenvalue weighted by atomic mass is 10.0. The number of rotatable bonds is 7. The fourth-order valence-electron chi connectivity index (χ4n) is 1.98. The van der Waals surface area contributed by atoms with E-state index in [0.717, 1.165) is 16.8 Å². The number of halogens is 1. The van der Waals surface area contributed by atoms with Crippen LogP contribution >= 0.6 is 15.9 Å². The summed E-state index contributed by atoms with van der Waals surface area (Å²) in [7, 11) is 3.42. The van der Waals surface area contributed by atoms with Crippen molar-refractivity contribution in [3.63, 3.8) is 0 Å². The van der Waals surface area contributed by atoms with Crippen LogP contribution in [0.5, 0.6) is 5.75 Å². The van der Waals surface area contributed by atoms with E-state index < -0.39 is 0 Å². The molecule has 1 rings (SSSR count). The summed E-state index contributed by atoms with van der Waals surface area (Å²) < 4.78 is 11.5. The maximum Gasteiger partial charge on any atom is 0.133 e. The van der Waals surface area contributed by atoms with Gasteiger partial charge in [-0.05, 0) is 46.5 Å². The average Bonchev–Trinajstić information content (AvgIpc) is 2.37. The van der Waals surface area contributed by atoms with Crippen LogP contribution in [0.4, 0.5) is 0 Å². The second-order valence-corrected chi connectivity index (χ2v) is 5.94. The molecule has 0 aromatic heterocycles. The Hall–Kier alpha value is -0.580. The van der Waals surface area contributed by atoms with Crippen molar-refractivity contribution in [3.8, 4) is 5.75 Å². The zero-order chi connectivity index (χ0) is 14.4. The summed E-state index contributed by atoms with van der Waals surface area (Å²) in [6, 6.07) is 6.79. The first-order chi connectivity index (χ1) is 8.99. The largest absolute Gasteiger partial charge is 0.496 e. The van der Waals surface area contributed by atoms with Gasteiger partial charge in [0.2, 0.25) is 0 Å². The van der Waals surface area contributed by atoms with E-state index in [-0.39, 0.29) is 6.04 Å². The van der Waals surface area contributed by atoms with Crippen LogP contribution in [0.1, 0.15) is 32.4 Å². The molecular formula is C15H24BrNO2. The van der Waals surface area contributed by atoms with E-state index in [1.54, 1.807) is 14.2 Å². The SMILES string of the molecule is COCC(NC(C)c1ccc(OC)c(Br)c1)C(C)C. The third-order valence-electron chi connectivity index (χ3n) is 3.29. The Bertz CT molecular complexity index is 396. The highest BCUT2D eigenvalue weighted by Gasteiger charge is 2.17. The third-order valence-corrected chi connectivity index (χ3v) is 3.91. The molecular weight excluding hydrogens is 306 g/mol. The van der Waals surface area contributed by atoms with Gasteiger partial charge in [-0.1, -0.05) is 19.9 Å². The molecule has 3 nitrogen and oxygen atoms in total. The first kappa shape index (κ1) is 16.5. The van der Waals surface area contributed by atoms with Crippen LogP contribution in [0.3, 0.4) is 0 Å². The van der Waals surface area contributed by atoms with Gasteiger partial charge in [0.05, 0.1) is 18.2 Å². The molecule has 0 aliphatic heterocycles. The minimum absolute atomic E-state index is 0.268. The van der Waals surface area contributed by atoms with Crippen LogP contribution in [-0.2, 0) is 4.74 Å². The molecule has 1 aromatic carbocycles. The molecule has 0 saturated heterocycles. The summed E-state index contributed by atoms with van der Waals surface area (Å²) in [5, 5.41) is 3.61. The maximum atomic E-state index is 5.27. The van der Waals surface area contributed by atoms with Crippen molar-refractivity contribution in [2.24, 2.45) is 5.92 Å². The highest BCUT2D eigenvalue weighted by molar-refractivity contribution is 9.10. The number of ether oxygens (including phenoxy) is 2. The van der Waals surface area contributed by atoms with Crippen LogP contribution in [-0.4, -0.2) is 26.9 Å². The quantitative estimate of drug-likeness (QED) is 0.825. The van der Waals surface area contributed by atoms with Gasteiger partial charge in [0.15, 0.2) is 0 Å². The van der Waals surface area contributed by atoms with E-state index in [1.807, 2.05) is 6.07 Å². The second kappa shape index (κ2) is 7.88. The Kier molecular flexibility index (Phi) is 6.83. The van der Waals surface area contributed by atoms with Crippen molar-refractivity contribution in [2.45, 2.75) is 32.9 Å². The number of benzene rings is 1. The maximum absolute atomic E-state index is 5.27. The van der Waals surface area contributed by atoms with Gasteiger partial charge in [-0.15, -0.1) is 0 Å². The van der Waals surface area contributed by atoms with E-state index >= 15 is 0 Å². The second-order valence-electron chi connectivity index (χ2n) is 5.09. The molecule has 0 aliphatic rings. The monoisotopic (exact) mass is 329 g/mol. The smallest absolute Gasteiger partial charge is 0.133 e. The minimum Gasteiger partial charge on any atom is -0.496 e. The van der Waals surface area contributed by atoms with Crippen LogP contribution in [0.15, 0.2) is 22.7 Å². The zero-order valence-electron chi connectivity index (χ0n) is 12.4. The Morgan fingerprint density at radius 3 is 2.37 bits per heavy atom. The molecule has 108 valence electrons. The summed E-state index contributed by atoms with van der Waals surface area (Å²) >= 11 is 3.52. The normalized spacial score (nSPS) is 14.5. The van der Waals surface area contributed by atoms with E-state index in [2.05, 4.69) is 54.2 Å². The molecule has 2 atom stereocenters. The van der Waals surface area contributed by atoms with Gasteiger partial charge < -0.3 is 14.8 Å². The predicted molar refractivity (Wildman–Crippen MR) is 82.7 cm³/mol. The molecule has 0 fully saturated rings. The highest BCUT2D eigenvalue weighted by atomic mass is 79.9. The average molecular weight is 330 g/mol. The molecule has 0 aliphatic carbocycles. The number of hydrogen-bond donors (Lipinski definition) is 1. The Morgan fingerprint density at radius 2 is 1.89 bits per heavy atom. The van der Waals surface area contributed by atoms with Gasteiger partial charge in [0, 0.05) is 19.2 Å². The highest BCUT2D eigenvalue weighted by Crippen LogP contribution is 2.28. The number of hydrogen-bond acceptors (Lipinski definition) is 3. The molecule has 0 bridgehead atoms. The number of nitrogens with one attached hydrogen (secondary N) is 1. The molecule has 0 saturated carbocycles. The summed E-state index contributed by atoms with van der Waals surface area (Å²) in [4.78, 5) is 0. The molecule has 4 heteroatoms. The summed E-state index contributed by atoms with van der Waals surface area (Å²) in [6.45, 7) is 7.29. The van der Waals surface area contributed by atoms with Crippen molar-refractivity contribution in [2.75, 3.05) is 20.8 Å². The fourth-order valence-corrected chi connectivity index (χ4v) is 2.54. The lowest BCUT2D eigenvalue weighted by Crippen LogP contribution is -2.39. The predicted octanol–water partition coefficient (Wildman–Crippen LogP) is 3.78. The van der Waals surface area contributed by atoms with Gasteiger partial charge in [-0.25, -0.2) is 0 Å². The van der Waals surface area contributed by atoms with Crippen molar-refractivity contribution in [1.29, 1.82) is 0 Å². The Labute approximate surface area is 124 Å². The first-order valence-electron chi connectivity index (χ1n) is 6.58. The summed E-state index contributed by atoms with van der Waals surface area (Å²) in [5.74, 6) is 1.39. The standard InChI is InChI=1S/C15H24BrNO2/c1-10(2)14(9-18-4)17-11(3)12-6-7-15(19-5)13(16)8-12/h6-8,10-11,14,17H,9H2,1-5H3. The first-order valence-corrected chi connectivity index (χ1v) is 7.37. The van der Waals surface area contributed by atoms with Gasteiger partial charge in [0.1, 0.15) is 5.75 Å². The van der Waals surface area contributed by atoms with E-state index in [9.17, 15) is 0 Å². The fraction of sp³-hybridized carbons (Fsp3) is 0.600. The lowest BCUT2D eigenvalue weighted by Gasteiger charge is -2.26. The zero-order valence-corrected chi connectivity index (χ0v) is 14.0. The van der Waals surface area contributed by atoms with Gasteiger partial charge in [-0.3, -0.25) is 0 Å². The molecule has 19 heavy (non-hydrogen) atoms. The van der Waals surface area contributed by atoms with E-state index in [1.165, 1.54) is 5.56 Å². The van der Waals surface area contributed by atoms with Gasteiger partial charge >= 0.3 is 0 Å². The van der Waals surface area contributed by atoms with E-state index in [0.29, 0.717) is 12.0 Å². The molecule has 1 N–H and O–H groups in total. The van der Waals surface area contributed by atoms with Crippen LogP contribution in [0.25, 0.3) is 0 Å². The summed E-state index contributed by atoms with van der Waals surface area (Å²) in [6.07, 6.45) is 0. The Balaban J connectivity index is 2.76. The van der Waals surface area contributed by atoms with Crippen molar-refractivity contribution < 1.29 is 9.47 Å². The molecule has 1 aromatic rings. The van der Waals surface area contributed by atoms with Crippen LogP contribution in [0.2, 0.25) is 0 Å². The molecule has 0 heterocycles. The van der Waals surface area contributed by atoms with Crippen molar-refractivity contribution >= 4 is 15.9 Å². The summed E-state index contributed by atoms with van der Waals surface area (Å²) in [5.41, 5.74) is 1.23. The minimum atomic E-state index is 0.268. The molecule has 0 radical (unpaired) electrons. The Morgan fingerprint density at radius 1 is 1.21 bits per heavy atom. The third kappa shape index (κ3) is 4.79. The molecule has 0 amide bonds.